The molecular weight excluding hydrogens is 413 g/mol. The Morgan fingerprint density at radius 3 is 2.22 bits per heavy atom. The lowest BCUT2D eigenvalue weighted by molar-refractivity contribution is -0.139. The third kappa shape index (κ3) is 4.27. The van der Waals surface area contributed by atoms with Gasteiger partial charge in [-0.25, -0.2) is 14.0 Å². The summed E-state index contributed by atoms with van der Waals surface area (Å²) in [4.78, 5) is 24.1. The zero-order valence-corrected chi connectivity index (χ0v) is 17.4. The summed E-state index contributed by atoms with van der Waals surface area (Å²) in [6.45, 7) is 0.0728. The number of hydrogen-bond donors (Lipinski definition) is 2. The Labute approximate surface area is 184 Å². The molecule has 1 amide bonds. The van der Waals surface area contributed by atoms with E-state index < -0.39 is 23.9 Å². The van der Waals surface area contributed by atoms with Crippen molar-refractivity contribution in [3.63, 3.8) is 0 Å². The number of methoxy groups -OCH3 is 1. The zero-order valence-electron chi connectivity index (χ0n) is 17.4. The lowest BCUT2D eigenvalue weighted by Crippen LogP contribution is -2.42. The minimum atomic E-state index is -1.27. The van der Waals surface area contributed by atoms with E-state index in [0.29, 0.717) is 5.56 Å². The summed E-state index contributed by atoms with van der Waals surface area (Å²) in [5.41, 5.74) is 4.73. The third-order valence-corrected chi connectivity index (χ3v) is 5.59. The van der Waals surface area contributed by atoms with Crippen molar-refractivity contribution in [2.45, 2.75) is 18.4 Å². The number of benzene rings is 3. The van der Waals surface area contributed by atoms with Gasteiger partial charge in [0.25, 0.3) is 0 Å². The lowest BCUT2D eigenvalue weighted by Gasteiger charge is -2.17. The van der Waals surface area contributed by atoms with Crippen molar-refractivity contribution in [3.05, 3.63) is 89.2 Å². The van der Waals surface area contributed by atoms with Crippen LogP contribution in [0.15, 0.2) is 66.7 Å². The van der Waals surface area contributed by atoms with Gasteiger partial charge in [0.15, 0.2) is 11.6 Å². The van der Waals surface area contributed by atoms with Crippen LogP contribution in [0, 0.1) is 5.82 Å². The van der Waals surface area contributed by atoms with Crippen molar-refractivity contribution < 1.29 is 28.6 Å². The molecule has 0 heterocycles. The van der Waals surface area contributed by atoms with Gasteiger partial charge in [0, 0.05) is 12.3 Å². The highest BCUT2D eigenvalue weighted by Crippen LogP contribution is 2.44. The highest BCUT2D eigenvalue weighted by molar-refractivity contribution is 5.81. The normalized spacial score (nSPS) is 13.1. The van der Waals surface area contributed by atoms with E-state index in [1.165, 1.54) is 19.2 Å². The molecule has 0 saturated heterocycles. The van der Waals surface area contributed by atoms with Crippen molar-refractivity contribution >= 4 is 12.1 Å². The number of ether oxygens (including phenoxy) is 2. The Hall–Kier alpha value is -3.87. The molecule has 1 atom stereocenters. The molecule has 3 aromatic carbocycles. The second-order valence-electron chi connectivity index (χ2n) is 7.53. The SMILES string of the molecule is COc1ccc(CC(NC(=O)OCC2c3ccccc3-c3ccccc32)C(=O)O)cc1F. The van der Waals surface area contributed by atoms with Crippen molar-refractivity contribution in [3.8, 4) is 16.9 Å². The second-order valence-corrected chi connectivity index (χ2v) is 7.53. The maximum absolute atomic E-state index is 13.9. The van der Waals surface area contributed by atoms with Crippen molar-refractivity contribution in [2.75, 3.05) is 13.7 Å². The van der Waals surface area contributed by atoms with E-state index in [1.54, 1.807) is 6.07 Å². The molecule has 0 aliphatic heterocycles. The largest absolute Gasteiger partial charge is 0.494 e. The van der Waals surface area contributed by atoms with E-state index in [9.17, 15) is 19.1 Å². The predicted octanol–water partition coefficient (Wildman–Crippen LogP) is 4.37. The minimum absolute atomic E-state index is 0.0603. The van der Waals surface area contributed by atoms with Gasteiger partial charge in [-0.05, 0) is 39.9 Å². The number of amides is 1. The fourth-order valence-electron chi connectivity index (χ4n) is 4.05. The molecule has 0 saturated carbocycles. The van der Waals surface area contributed by atoms with Crippen molar-refractivity contribution in [1.29, 1.82) is 0 Å². The van der Waals surface area contributed by atoms with Crippen LogP contribution in [0.25, 0.3) is 11.1 Å². The third-order valence-electron chi connectivity index (χ3n) is 5.59. The van der Waals surface area contributed by atoms with Gasteiger partial charge in [-0.3, -0.25) is 0 Å². The summed E-state index contributed by atoms with van der Waals surface area (Å²) < 4.78 is 24.2. The van der Waals surface area contributed by atoms with Crippen LogP contribution < -0.4 is 10.1 Å². The zero-order chi connectivity index (χ0) is 22.7. The standard InChI is InChI=1S/C25H22FNO5/c1-31-23-11-10-15(12-21(23)26)13-22(24(28)29)27-25(30)32-14-20-18-8-4-2-6-16(18)17-7-3-5-9-19(17)20/h2-12,20,22H,13-14H2,1H3,(H,27,30)(H,28,29). The Kier molecular flexibility index (Phi) is 6.07. The molecule has 2 N–H and O–H groups in total. The van der Waals surface area contributed by atoms with Gasteiger partial charge in [0.05, 0.1) is 7.11 Å². The average molecular weight is 435 g/mol. The number of alkyl carbamates (subject to hydrolysis) is 1. The van der Waals surface area contributed by atoms with E-state index in [2.05, 4.69) is 5.32 Å². The smallest absolute Gasteiger partial charge is 0.407 e. The van der Waals surface area contributed by atoms with Gasteiger partial charge in [0.1, 0.15) is 12.6 Å². The molecule has 1 aliphatic carbocycles. The fraction of sp³-hybridized carbons (Fsp3) is 0.200. The number of halogens is 1. The summed E-state index contributed by atoms with van der Waals surface area (Å²) >= 11 is 0. The number of aliphatic carboxylic acids is 1. The molecule has 0 bridgehead atoms. The molecule has 0 fully saturated rings. The highest BCUT2D eigenvalue weighted by atomic mass is 19.1. The maximum atomic E-state index is 13.9. The van der Waals surface area contributed by atoms with Gasteiger partial charge >= 0.3 is 12.1 Å². The number of rotatable bonds is 7. The number of hydrogen-bond acceptors (Lipinski definition) is 4. The van der Waals surface area contributed by atoms with E-state index >= 15 is 0 Å². The summed E-state index contributed by atoms with van der Waals surface area (Å²) in [6.07, 6.45) is -0.936. The first kappa shape index (κ1) is 21.4. The molecule has 0 radical (unpaired) electrons. The average Bonchev–Trinajstić information content (AvgIpc) is 3.11. The van der Waals surface area contributed by atoms with Gasteiger partial charge in [-0.15, -0.1) is 0 Å². The molecular formula is C25H22FNO5. The van der Waals surface area contributed by atoms with Gasteiger partial charge in [-0.1, -0.05) is 54.6 Å². The number of nitrogens with one attached hydrogen (secondary N) is 1. The topological polar surface area (TPSA) is 84.9 Å². The van der Waals surface area contributed by atoms with Crippen LogP contribution in [0.3, 0.4) is 0 Å². The van der Waals surface area contributed by atoms with E-state index in [0.717, 1.165) is 22.3 Å². The number of carbonyl (C=O) groups excluding carboxylic acids is 1. The van der Waals surface area contributed by atoms with E-state index in [1.807, 2.05) is 48.5 Å². The minimum Gasteiger partial charge on any atom is -0.494 e. The molecule has 4 rings (SSSR count). The first-order valence-electron chi connectivity index (χ1n) is 10.1. The van der Waals surface area contributed by atoms with Crippen molar-refractivity contribution in [1.82, 2.24) is 5.32 Å². The molecule has 1 aliphatic rings. The first-order valence-corrected chi connectivity index (χ1v) is 10.1. The van der Waals surface area contributed by atoms with Crippen LogP contribution in [0.2, 0.25) is 0 Å². The van der Waals surface area contributed by atoms with Crippen LogP contribution in [0.5, 0.6) is 5.75 Å². The first-order chi connectivity index (χ1) is 15.5. The van der Waals surface area contributed by atoms with Crippen molar-refractivity contribution in [2.24, 2.45) is 0 Å². The number of carbonyl (C=O) groups is 2. The van der Waals surface area contributed by atoms with E-state index in [4.69, 9.17) is 9.47 Å². The molecule has 164 valence electrons. The molecule has 3 aromatic rings. The Balaban J connectivity index is 1.42. The summed E-state index contributed by atoms with van der Waals surface area (Å²) in [6, 6.07) is 18.7. The Morgan fingerprint density at radius 1 is 1.03 bits per heavy atom. The molecule has 32 heavy (non-hydrogen) atoms. The highest BCUT2D eigenvalue weighted by Gasteiger charge is 2.29. The molecule has 0 spiro atoms. The Morgan fingerprint density at radius 2 is 1.66 bits per heavy atom. The van der Waals surface area contributed by atoms with E-state index in [-0.39, 0.29) is 24.7 Å². The lowest BCUT2D eigenvalue weighted by atomic mass is 9.98. The molecule has 0 aromatic heterocycles. The Bertz CT molecular complexity index is 1120. The fourth-order valence-corrected chi connectivity index (χ4v) is 4.05. The summed E-state index contributed by atoms with van der Waals surface area (Å²) in [7, 11) is 1.34. The molecule has 1 unspecified atom stereocenters. The van der Waals surface area contributed by atoms with Crippen LogP contribution >= 0.6 is 0 Å². The van der Waals surface area contributed by atoms with Gasteiger partial charge in [-0.2, -0.15) is 0 Å². The molecule has 7 heteroatoms. The number of fused-ring (bicyclic) bond motifs is 3. The summed E-state index contributed by atoms with van der Waals surface area (Å²) in [5, 5.41) is 11.9. The van der Waals surface area contributed by atoms with Gasteiger partial charge in [0.2, 0.25) is 0 Å². The second kappa shape index (κ2) is 9.09. The van der Waals surface area contributed by atoms with Crippen LogP contribution in [0.1, 0.15) is 22.6 Å². The van der Waals surface area contributed by atoms with Crippen LogP contribution in [-0.4, -0.2) is 36.9 Å². The predicted molar refractivity (Wildman–Crippen MR) is 116 cm³/mol. The van der Waals surface area contributed by atoms with Crippen LogP contribution in [-0.2, 0) is 16.0 Å². The quantitative estimate of drug-likeness (QED) is 0.576. The van der Waals surface area contributed by atoms with Crippen LogP contribution in [0.4, 0.5) is 9.18 Å². The number of carboxylic acid groups (broad SMARTS) is 1. The van der Waals surface area contributed by atoms with Gasteiger partial charge < -0.3 is 19.9 Å². The monoisotopic (exact) mass is 435 g/mol. The maximum Gasteiger partial charge on any atom is 0.407 e. The molecule has 6 nitrogen and oxygen atoms in total. The summed E-state index contributed by atoms with van der Waals surface area (Å²) in [5.74, 6) is -1.91. The number of carboxylic acids is 1.